The van der Waals surface area contributed by atoms with Gasteiger partial charge in [-0.3, -0.25) is 0 Å². The first-order valence-corrected chi connectivity index (χ1v) is 8.56. The molecule has 0 radical (unpaired) electrons. The molecule has 80 valence electrons. The van der Waals surface area contributed by atoms with E-state index in [4.69, 9.17) is 56.3 Å². The molecule has 0 aliphatic heterocycles. The number of hydrogen-bond acceptors (Lipinski definition) is 4. The largest absolute Gasteiger partial charge is 1.00 e. The van der Waals surface area contributed by atoms with E-state index in [1.807, 2.05) is 0 Å². The Morgan fingerprint density at radius 1 is 1.07 bits per heavy atom. The van der Waals surface area contributed by atoms with Crippen LogP contribution in [0.3, 0.4) is 0 Å². The average molecular weight is 321 g/mol. The molecule has 0 aliphatic rings. The fourth-order valence-corrected chi connectivity index (χ4v) is 2.39. The minimum absolute atomic E-state index is 0. The molecule has 0 aliphatic carbocycles. The van der Waals surface area contributed by atoms with Crippen LogP contribution >= 0.6 is 28.9 Å². The number of halogens is 2. The van der Waals surface area contributed by atoms with Gasteiger partial charge in [-0.25, -0.2) is 0 Å². The zero-order valence-electron chi connectivity index (χ0n) is 8.08. The monoisotopic (exact) mass is 320 g/mol. The van der Waals surface area contributed by atoms with Crippen LogP contribution in [-0.4, -0.2) is 25.0 Å². The SMILES string of the molecule is S=P([S-])(OCCCCl)OCCCCl.[K+]. The summed E-state index contributed by atoms with van der Waals surface area (Å²) in [7, 11) is 0. The van der Waals surface area contributed by atoms with Crippen molar-refractivity contribution < 1.29 is 60.4 Å². The molecule has 0 saturated heterocycles. The van der Waals surface area contributed by atoms with E-state index < -0.39 is 5.69 Å². The molecule has 0 amide bonds. The Hall–Kier alpha value is 3.14. The summed E-state index contributed by atoms with van der Waals surface area (Å²) in [5.74, 6) is 1.10. The summed E-state index contributed by atoms with van der Waals surface area (Å²) in [6, 6.07) is 0. The van der Waals surface area contributed by atoms with Crippen molar-refractivity contribution in [3.8, 4) is 0 Å². The molecule has 0 aromatic heterocycles. The summed E-state index contributed by atoms with van der Waals surface area (Å²) in [4.78, 5) is 0. The third kappa shape index (κ3) is 13.2. The van der Waals surface area contributed by atoms with Gasteiger partial charge in [-0.1, -0.05) is 11.8 Å². The van der Waals surface area contributed by atoms with Crippen LogP contribution in [0.25, 0.3) is 0 Å². The van der Waals surface area contributed by atoms with Crippen molar-refractivity contribution in [1.82, 2.24) is 0 Å². The average Bonchev–Trinajstić information content (AvgIpc) is 2.05. The van der Waals surface area contributed by atoms with Gasteiger partial charge in [-0.2, -0.15) is 0 Å². The van der Waals surface area contributed by atoms with Crippen LogP contribution in [0.5, 0.6) is 0 Å². The van der Waals surface area contributed by atoms with Crippen LogP contribution in [0, 0.1) is 0 Å². The van der Waals surface area contributed by atoms with Gasteiger partial charge in [0.2, 0.25) is 0 Å². The molecule has 0 saturated carbocycles. The van der Waals surface area contributed by atoms with E-state index in [-0.39, 0.29) is 51.4 Å². The van der Waals surface area contributed by atoms with E-state index in [2.05, 4.69) is 0 Å². The van der Waals surface area contributed by atoms with Crippen LogP contribution in [0.2, 0.25) is 0 Å². The zero-order chi connectivity index (χ0) is 10.2. The predicted octanol–water partition coefficient (Wildman–Crippen LogP) is 0.0528. The third-order valence-electron chi connectivity index (χ3n) is 1.05. The molecule has 2 nitrogen and oxygen atoms in total. The second kappa shape index (κ2) is 12.6. The number of rotatable bonds is 8. The first-order chi connectivity index (χ1) is 6.12. The molecule has 0 aromatic rings. The van der Waals surface area contributed by atoms with Gasteiger partial charge in [0.1, 0.15) is 0 Å². The van der Waals surface area contributed by atoms with Crippen molar-refractivity contribution in [3.63, 3.8) is 0 Å². The number of alkyl halides is 2. The minimum atomic E-state index is -2.45. The summed E-state index contributed by atoms with van der Waals surface area (Å²) in [6.45, 7) is 0.955. The summed E-state index contributed by atoms with van der Waals surface area (Å²) < 4.78 is 10.4. The fraction of sp³-hybridized carbons (Fsp3) is 1.00. The molecule has 0 spiro atoms. The standard InChI is InChI=1S/C6H13Cl2O2PS2.K/c7-3-1-5-9-11(12,13)10-6-2-4-8;/h1-6H2,(H,12,13);/q;+1/p-1. The van der Waals surface area contributed by atoms with E-state index in [0.717, 1.165) is 12.8 Å². The van der Waals surface area contributed by atoms with Crippen LogP contribution in [0.15, 0.2) is 0 Å². The van der Waals surface area contributed by atoms with Gasteiger partial charge in [-0.15, -0.1) is 23.2 Å². The molecule has 0 bridgehead atoms. The van der Waals surface area contributed by atoms with Crippen LogP contribution in [-0.2, 0) is 33.1 Å². The van der Waals surface area contributed by atoms with Gasteiger partial charge >= 0.3 is 51.4 Å². The topological polar surface area (TPSA) is 18.5 Å². The third-order valence-corrected chi connectivity index (χ3v) is 3.85. The fourth-order valence-electron chi connectivity index (χ4n) is 0.499. The molecule has 0 unspecified atom stereocenters. The van der Waals surface area contributed by atoms with E-state index >= 15 is 0 Å². The van der Waals surface area contributed by atoms with Crippen LogP contribution < -0.4 is 51.4 Å². The molecule has 14 heavy (non-hydrogen) atoms. The van der Waals surface area contributed by atoms with E-state index in [1.54, 1.807) is 0 Å². The Balaban J connectivity index is 0. The molecular formula is C6H12Cl2KO2PS2. The summed E-state index contributed by atoms with van der Waals surface area (Å²) >= 11 is 20.9. The Morgan fingerprint density at radius 2 is 1.43 bits per heavy atom. The maximum absolute atomic E-state index is 5.46. The smallest absolute Gasteiger partial charge is 0.691 e. The van der Waals surface area contributed by atoms with Crippen molar-refractivity contribution >= 4 is 53.0 Å². The first kappa shape index (κ1) is 19.5. The second-order valence-corrected chi connectivity index (χ2v) is 7.94. The van der Waals surface area contributed by atoms with E-state index in [9.17, 15) is 0 Å². The molecule has 0 rings (SSSR count). The minimum Gasteiger partial charge on any atom is -0.691 e. The van der Waals surface area contributed by atoms with Crippen LogP contribution in [0.1, 0.15) is 12.8 Å². The van der Waals surface area contributed by atoms with Gasteiger partial charge in [0, 0.05) is 11.8 Å². The maximum Gasteiger partial charge on any atom is 1.00 e. The normalized spacial score (nSPS) is 11.1. The zero-order valence-corrected chi connectivity index (χ0v) is 15.2. The second-order valence-electron chi connectivity index (χ2n) is 2.20. The Bertz CT molecular complexity index is 162. The first-order valence-electron chi connectivity index (χ1n) is 3.84. The molecule has 0 fully saturated rings. The predicted molar refractivity (Wildman–Crippen MR) is 64.2 cm³/mol. The van der Waals surface area contributed by atoms with Crippen molar-refractivity contribution in [2.24, 2.45) is 0 Å². The van der Waals surface area contributed by atoms with Crippen molar-refractivity contribution in [1.29, 1.82) is 0 Å². The Morgan fingerprint density at radius 3 is 1.71 bits per heavy atom. The van der Waals surface area contributed by atoms with Crippen molar-refractivity contribution in [2.45, 2.75) is 12.8 Å². The summed E-state index contributed by atoms with van der Waals surface area (Å²) in [5.41, 5.74) is -2.45. The van der Waals surface area contributed by atoms with Gasteiger partial charge in [0.15, 0.2) is 0 Å². The quantitative estimate of drug-likeness (QED) is 0.207. The molecule has 0 aromatic carbocycles. The Labute approximate surface area is 149 Å². The van der Waals surface area contributed by atoms with Crippen LogP contribution in [0.4, 0.5) is 0 Å². The number of hydrogen-bond donors (Lipinski definition) is 0. The summed E-state index contributed by atoms with van der Waals surface area (Å²) in [5, 5.41) is 0. The van der Waals surface area contributed by atoms with Gasteiger partial charge in [0.05, 0.1) is 18.9 Å². The van der Waals surface area contributed by atoms with Gasteiger partial charge in [0.25, 0.3) is 0 Å². The van der Waals surface area contributed by atoms with E-state index in [1.165, 1.54) is 0 Å². The molecule has 0 heterocycles. The maximum atomic E-state index is 5.46. The van der Waals surface area contributed by atoms with Crippen molar-refractivity contribution in [3.05, 3.63) is 0 Å². The molecular weight excluding hydrogens is 309 g/mol. The Kier molecular flexibility index (Phi) is 17.5. The van der Waals surface area contributed by atoms with E-state index in [0.29, 0.717) is 25.0 Å². The molecule has 8 heteroatoms. The van der Waals surface area contributed by atoms with Gasteiger partial charge < -0.3 is 21.3 Å². The molecule has 0 atom stereocenters. The molecule has 0 N–H and O–H groups in total. The van der Waals surface area contributed by atoms with Crippen molar-refractivity contribution in [2.75, 3.05) is 25.0 Å². The summed E-state index contributed by atoms with van der Waals surface area (Å²) in [6.07, 6.45) is 1.49. The van der Waals surface area contributed by atoms with Gasteiger partial charge in [-0.05, 0) is 12.8 Å².